The van der Waals surface area contributed by atoms with E-state index in [1.165, 1.54) is 22.5 Å². The van der Waals surface area contributed by atoms with Gasteiger partial charge in [-0.2, -0.15) is 10.2 Å². The molecule has 1 aromatic heterocycles. The molecule has 1 aromatic carbocycles. The molecule has 0 unspecified atom stereocenters. The van der Waals surface area contributed by atoms with E-state index in [4.69, 9.17) is 0 Å². The molecule has 1 amide bonds. The number of aromatic nitrogens is 2. The summed E-state index contributed by atoms with van der Waals surface area (Å²) in [7, 11) is 0. The summed E-state index contributed by atoms with van der Waals surface area (Å²) in [5, 5.41) is 11.9. The van der Waals surface area contributed by atoms with Gasteiger partial charge in [-0.25, -0.2) is 4.68 Å². The minimum Gasteiger partial charge on any atom is -0.324 e. The maximum atomic E-state index is 12.1. The lowest BCUT2D eigenvalue weighted by molar-refractivity contribution is -0.122. The number of carbonyl (C=O) groups excluding carboxylic acids is 1. The highest BCUT2D eigenvalue weighted by atomic mass is 32.2. The van der Waals surface area contributed by atoms with Gasteiger partial charge in [-0.1, -0.05) is 23.9 Å². The number of nitrogens with one attached hydrogen (secondary N) is 2. The van der Waals surface area contributed by atoms with Gasteiger partial charge in [0.05, 0.1) is 10.7 Å². The quantitative estimate of drug-likeness (QED) is 0.774. The third kappa shape index (κ3) is 4.43. The normalized spacial score (nSPS) is 16.2. The van der Waals surface area contributed by atoms with Crippen molar-refractivity contribution in [3.63, 3.8) is 0 Å². The Bertz CT molecular complexity index is 864. The SMILES string of the molecule is CSc1ccc(-c2ccc(=O)n(CC(=O)N[C@H]3NN=C(C)S3)n2)cc1. The molecule has 0 aliphatic carbocycles. The molecule has 1 aliphatic heterocycles. The van der Waals surface area contributed by atoms with Gasteiger partial charge in [-0.05, 0) is 31.4 Å². The second-order valence-electron chi connectivity index (χ2n) is 5.27. The van der Waals surface area contributed by atoms with Gasteiger partial charge >= 0.3 is 0 Å². The van der Waals surface area contributed by atoms with Gasteiger partial charge in [-0.3, -0.25) is 15.0 Å². The molecule has 1 aliphatic rings. The number of hydrogen-bond donors (Lipinski definition) is 2. The first-order valence-electron chi connectivity index (χ1n) is 7.53. The number of hydrogen-bond acceptors (Lipinski definition) is 7. The van der Waals surface area contributed by atoms with Gasteiger partial charge in [0.15, 0.2) is 5.50 Å². The molecule has 0 radical (unpaired) electrons. The van der Waals surface area contributed by atoms with Crippen molar-refractivity contribution in [3.8, 4) is 11.3 Å². The van der Waals surface area contributed by atoms with E-state index in [1.807, 2.05) is 37.4 Å². The van der Waals surface area contributed by atoms with Crippen molar-refractivity contribution >= 4 is 34.5 Å². The summed E-state index contributed by atoms with van der Waals surface area (Å²) in [5.74, 6) is -0.306. The molecule has 9 heteroatoms. The molecule has 2 aromatic rings. The fourth-order valence-electron chi connectivity index (χ4n) is 2.24. The molecule has 7 nitrogen and oxygen atoms in total. The van der Waals surface area contributed by atoms with Crippen LogP contribution in [0.5, 0.6) is 0 Å². The molecule has 1 atom stereocenters. The lowest BCUT2D eigenvalue weighted by Gasteiger charge is -2.12. The molecule has 0 bridgehead atoms. The van der Waals surface area contributed by atoms with Gasteiger partial charge in [0.2, 0.25) is 5.91 Å². The predicted molar refractivity (Wildman–Crippen MR) is 101 cm³/mol. The van der Waals surface area contributed by atoms with E-state index < -0.39 is 0 Å². The first kappa shape index (κ1) is 17.6. The van der Waals surface area contributed by atoms with E-state index in [2.05, 4.69) is 20.9 Å². The van der Waals surface area contributed by atoms with Crippen molar-refractivity contribution in [2.45, 2.75) is 23.9 Å². The monoisotopic (exact) mass is 375 g/mol. The third-order valence-electron chi connectivity index (χ3n) is 3.47. The minimum absolute atomic E-state index is 0.145. The van der Waals surface area contributed by atoms with E-state index >= 15 is 0 Å². The molecule has 130 valence electrons. The van der Waals surface area contributed by atoms with Crippen LogP contribution in [0, 0.1) is 0 Å². The van der Waals surface area contributed by atoms with Crippen LogP contribution in [0.25, 0.3) is 11.3 Å². The Balaban J connectivity index is 1.72. The minimum atomic E-state index is -0.320. The zero-order valence-corrected chi connectivity index (χ0v) is 15.4. The fraction of sp³-hybridized carbons (Fsp3) is 0.250. The number of hydrazone groups is 1. The Morgan fingerprint density at radius 1 is 1.32 bits per heavy atom. The summed E-state index contributed by atoms with van der Waals surface area (Å²) in [4.78, 5) is 25.3. The Morgan fingerprint density at radius 3 is 2.72 bits per heavy atom. The molecule has 0 saturated carbocycles. The van der Waals surface area contributed by atoms with Gasteiger partial charge in [0.25, 0.3) is 5.56 Å². The van der Waals surface area contributed by atoms with Crippen molar-refractivity contribution in [2.24, 2.45) is 5.10 Å². The summed E-state index contributed by atoms with van der Waals surface area (Å²) >= 11 is 3.07. The Morgan fingerprint density at radius 2 is 2.08 bits per heavy atom. The molecule has 0 fully saturated rings. The lowest BCUT2D eigenvalue weighted by Crippen LogP contribution is -2.42. The molecular formula is C16H17N5O2S2. The topological polar surface area (TPSA) is 88.4 Å². The first-order chi connectivity index (χ1) is 12.0. The number of carbonyl (C=O) groups is 1. The summed E-state index contributed by atoms with van der Waals surface area (Å²) in [6, 6.07) is 11.0. The van der Waals surface area contributed by atoms with Crippen molar-refractivity contribution in [1.82, 2.24) is 20.5 Å². The summed E-state index contributed by atoms with van der Waals surface area (Å²) in [6.07, 6.45) is 2.01. The van der Waals surface area contributed by atoms with E-state index in [1.54, 1.807) is 17.8 Å². The zero-order valence-electron chi connectivity index (χ0n) is 13.7. The summed E-state index contributed by atoms with van der Waals surface area (Å²) < 4.78 is 1.17. The van der Waals surface area contributed by atoms with Gasteiger partial charge < -0.3 is 5.32 Å². The third-order valence-corrected chi connectivity index (χ3v) is 5.10. The Kier molecular flexibility index (Phi) is 5.44. The number of nitrogens with zero attached hydrogens (tertiary/aromatic N) is 3. The molecule has 0 saturated heterocycles. The Labute approximate surface area is 153 Å². The van der Waals surface area contributed by atoms with Crippen LogP contribution in [0.4, 0.5) is 0 Å². The second-order valence-corrected chi connectivity index (χ2v) is 7.45. The fourth-order valence-corrected chi connectivity index (χ4v) is 3.39. The van der Waals surface area contributed by atoms with Crippen LogP contribution in [0.2, 0.25) is 0 Å². The van der Waals surface area contributed by atoms with Gasteiger partial charge in [-0.15, -0.1) is 11.8 Å². The standard InChI is InChI=1S/C16H17N5O2S2/c1-10-18-19-16(25-10)17-14(22)9-21-15(23)8-7-13(20-21)11-3-5-12(24-2)6-4-11/h3-8,16,19H,9H2,1-2H3,(H,17,22)/t16-/m0/s1. The summed E-state index contributed by atoms with van der Waals surface area (Å²) in [5.41, 5.74) is 3.70. The maximum Gasteiger partial charge on any atom is 0.267 e. The number of rotatable bonds is 5. The van der Waals surface area contributed by atoms with Gasteiger partial charge in [0.1, 0.15) is 6.54 Å². The average Bonchev–Trinajstić information content (AvgIpc) is 3.01. The molecule has 2 N–H and O–H groups in total. The van der Waals surface area contributed by atoms with E-state index in [0.717, 1.165) is 15.5 Å². The van der Waals surface area contributed by atoms with Crippen LogP contribution < -0.4 is 16.3 Å². The van der Waals surface area contributed by atoms with Crippen LogP contribution in [-0.2, 0) is 11.3 Å². The van der Waals surface area contributed by atoms with E-state index in [-0.39, 0.29) is 23.5 Å². The molecule has 2 heterocycles. The van der Waals surface area contributed by atoms with Crippen molar-refractivity contribution in [3.05, 3.63) is 46.8 Å². The maximum absolute atomic E-state index is 12.1. The molecular weight excluding hydrogens is 358 g/mol. The smallest absolute Gasteiger partial charge is 0.267 e. The molecule has 0 spiro atoms. The summed E-state index contributed by atoms with van der Waals surface area (Å²) in [6.45, 7) is 1.70. The van der Waals surface area contributed by atoms with Crippen molar-refractivity contribution in [2.75, 3.05) is 6.26 Å². The zero-order chi connectivity index (χ0) is 17.8. The van der Waals surface area contributed by atoms with Gasteiger partial charge in [0, 0.05) is 16.5 Å². The van der Waals surface area contributed by atoms with Crippen LogP contribution in [0.1, 0.15) is 6.92 Å². The van der Waals surface area contributed by atoms with Crippen LogP contribution >= 0.6 is 23.5 Å². The van der Waals surface area contributed by atoms with Crippen LogP contribution in [0.3, 0.4) is 0 Å². The average molecular weight is 375 g/mol. The lowest BCUT2D eigenvalue weighted by atomic mass is 10.1. The van der Waals surface area contributed by atoms with E-state index in [9.17, 15) is 9.59 Å². The number of benzene rings is 1. The Hall–Kier alpha value is -2.26. The number of amides is 1. The van der Waals surface area contributed by atoms with Crippen molar-refractivity contribution in [1.29, 1.82) is 0 Å². The van der Waals surface area contributed by atoms with Crippen molar-refractivity contribution < 1.29 is 4.79 Å². The number of thioether (sulfide) groups is 2. The molecule has 25 heavy (non-hydrogen) atoms. The van der Waals surface area contributed by atoms with Crippen LogP contribution in [-0.4, -0.2) is 32.5 Å². The molecule has 3 rings (SSSR count). The largest absolute Gasteiger partial charge is 0.324 e. The second kappa shape index (κ2) is 7.75. The predicted octanol–water partition coefficient (Wildman–Crippen LogP) is 1.70. The first-order valence-corrected chi connectivity index (χ1v) is 9.64. The van der Waals surface area contributed by atoms with Crippen LogP contribution in [0.15, 0.2) is 51.2 Å². The highest BCUT2D eigenvalue weighted by Gasteiger charge is 2.18. The van der Waals surface area contributed by atoms with E-state index in [0.29, 0.717) is 5.69 Å². The highest BCUT2D eigenvalue weighted by molar-refractivity contribution is 8.14. The highest BCUT2D eigenvalue weighted by Crippen LogP contribution is 2.20.